The standard InChI is InChI=1S/C18H21FN2O2/c1-18(2,3)14-10-13(11-6-8-12(19)9-7-11)15(17(22)23)16(20-14)21(4)5/h6-10H,1-5H3,(H,22,23). The van der Waals surface area contributed by atoms with Crippen molar-refractivity contribution in [2.45, 2.75) is 26.2 Å². The van der Waals surface area contributed by atoms with E-state index in [1.807, 2.05) is 20.8 Å². The summed E-state index contributed by atoms with van der Waals surface area (Å²) in [4.78, 5) is 18.0. The average Bonchev–Trinajstić information content (AvgIpc) is 2.45. The fraction of sp³-hybridized carbons (Fsp3) is 0.333. The Bertz CT molecular complexity index is 732. The Morgan fingerprint density at radius 2 is 1.74 bits per heavy atom. The molecule has 2 rings (SSSR count). The topological polar surface area (TPSA) is 53.4 Å². The van der Waals surface area contributed by atoms with Gasteiger partial charge in [0.1, 0.15) is 17.2 Å². The fourth-order valence-electron chi connectivity index (χ4n) is 2.31. The van der Waals surface area contributed by atoms with E-state index in [2.05, 4.69) is 4.98 Å². The minimum Gasteiger partial charge on any atom is -0.478 e. The highest BCUT2D eigenvalue weighted by Crippen LogP contribution is 2.34. The molecule has 0 aliphatic rings. The van der Waals surface area contributed by atoms with Crippen molar-refractivity contribution in [2.75, 3.05) is 19.0 Å². The van der Waals surface area contributed by atoms with E-state index in [9.17, 15) is 14.3 Å². The maximum atomic E-state index is 13.2. The first-order valence-corrected chi connectivity index (χ1v) is 7.33. The van der Waals surface area contributed by atoms with Gasteiger partial charge in [-0.3, -0.25) is 0 Å². The SMILES string of the molecule is CN(C)c1nc(C(C)(C)C)cc(-c2ccc(F)cc2)c1C(=O)O. The highest BCUT2D eigenvalue weighted by atomic mass is 19.1. The summed E-state index contributed by atoms with van der Waals surface area (Å²) in [6.45, 7) is 6.05. The van der Waals surface area contributed by atoms with Crippen molar-refractivity contribution < 1.29 is 14.3 Å². The third-order valence-electron chi connectivity index (χ3n) is 3.56. The second kappa shape index (κ2) is 5.99. The summed E-state index contributed by atoms with van der Waals surface area (Å²) >= 11 is 0. The molecule has 0 spiro atoms. The molecular formula is C18H21FN2O2. The summed E-state index contributed by atoms with van der Waals surface area (Å²) in [5.74, 6) is -1.02. The molecule has 0 radical (unpaired) electrons. The van der Waals surface area contributed by atoms with Crippen LogP contribution in [0.25, 0.3) is 11.1 Å². The Hall–Kier alpha value is -2.43. The maximum Gasteiger partial charge on any atom is 0.340 e. The van der Waals surface area contributed by atoms with E-state index in [-0.39, 0.29) is 16.8 Å². The number of halogens is 1. The van der Waals surface area contributed by atoms with Gasteiger partial charge in [0.05, 0.1) is 0 Å². The van der Waals surface area contributed by atoms with Gasteiger partial charge in [-0.15, -0.1) is 0 Å². The zero-order valence-electron chi connectivity index (χ0n) is 14.0. The number of benzene rings is 1. The van der Waals surface area contributed by atoms with Gasteiger partial charge in [-0.1, -0.05) is 32.9 Å². The quantitative estimate of drug-likeness (QED) is 0.931. The molecular weight excluding hydrogens is 295 g/mol. The van der Waals surface area contributed by atoms with Gasteiger partial charge >= 0.3 is 5.97 Å². The van der Waals surface area contributed by atoms with Crippen LogP contribution in [-0.2, 0) is 5.41 Å². The smallest absolute Gasteiger partial charge is 0.340 e. The van der Waals surface area contributed by atoms with Crippen LogP contribution in [0.3, 0.4) is 0 Å². The van der Waals surface area contributed by atoms with Crippen molar-refractivity contribution in [1.82, 2.24) is 4.98 Å². The van der Waals surface area contributed by atoms with Crippen LogP contribution >= 0.6 is 0 Å². The van der Waals surface area contributed by atoms with E-state index in [4.69, 9.17) is 0 Å². The highest BCUT2D eigenvalue weighted by Gasteiger charge is 2.25. The number of aromatic nitrogens is 1. The average molecular weight is 316 g/mol. The molecule has 0 bridgehead atoms. The van der Waals surface area contributed by atoms with E-state index >= 15 is 0 Å². The lowest BCUT2D eigenvalue weighted by Gasteiger charge is -2.24. The van der Waals surface area contributed by atoms with Gasteiger partial charge in [-0.25, -0.2) is 14.2 Å². The number of pyridine rings is 1. The molecule has 23 heavy (non-hydrogen) atoms. The molecule has 0 amide bonds. The van der Waals surface area contributed by atoms with Crippen LogP contribution in [0.4, 0.5) is 10.2 Å². The molecule has 0 saturated carbocycles. The third kappa shape index (κ3) is 3.50. The normalized spacial score (nSPS) is 11.4. The van der Waals surface area contributed by atoms with Crippen LogP contribution < -0.4 is 4.90 Å². The van der Waals surface area contributed by atoms with Crippen molar-refractivity contribution in [1.29, 1.82) is 0 Å². The van der Waals surface area contributed by atoms with Gasteiger partial charge in [0.2, 0.25) is 0 Å². The van der Waals surface area contributed by atoms with E-state index < -0.39 is 5.97 Å². The lowest BCUT2D eigenvalue weighted by atomic mass is 9.88. The van der Waals surface area contributed by atoms with Gasteiger partial charge in [0.15, 0.2) is 0 Å². The van der Waals surface area contributed by atoms with Gasteiger partial charge < -0.3 is 10.0 Å². The highest BCUT2D eigenvalue weighted by molar-refractivity contribution is 6.01. The Morgan fingerprint density at radius 3 is 2.17 bits per heavy atom. The molecule has 0 unspecified atom stereocenters. The van der Waals surface area contributed by atoms with E-state index in [1.165, 1.54) is 12.1 Å². The zero-order chi connectivity index (χ0) is 17.4. The van der Waals surface area contributed by atoms with Crippen molar-refractivity contribution >= 4 is 11.8 Å². The molecule has 1 heterocycles. The third-order valence-corrected chi connectivity index (χ3v) is 3.56. The molecule has 0 saturated heterocycles. The fourth-order valence-corrected chi connectivity index (χ4v) is 2.31. The van der Waals surface area contributed by atoms with Crippen LogP contribution in [0.5, 0.6) is 0 Å². The van der Waals surface area contributed by atoms with Crippen LogP contribution in [0.15, 0.2) is 30.3 Å². The van der Waals surface area contributed by atoms with E-state index in [0.29, 0.717) is 16.9 Å². The van der Waals surface area contributed by atoms with Gasteiger partial charge in [-0.05, 0) is 23.8 Å². The number of carboxylic acid groups (broad SMARTS) is 1. The monoisotopic (exact) mass is 316 g/mol. The lowest BCUT2D eigenvalue weighted by Crippen LogP contribution is -2.21. The van der Waals surface area contributed by atoms with E-state index in [0.717, 1.165) is 5.69 Å². The summed E-state index contributed by atoms with van der Waals surface area (Å²) in [5.41, 5.74) is 1.86. The molecule has 0 aliphatic heterocycles. The lowest BCUT2D eigenvalue weighted by molar-refractivity contribution is 0.0698. The summed E-state index contributed by atoms with van der Waals surface area (Å²) in [6, 6.07) is 7.61. The minimum absolute atomic E-state index is 0.120. The summed E-state index contributed by atoms with van der Waals surface area (Å²) in [7, 11) is 3.52. The Balaban J connectivity index is 2.83. The summed E-state index contributed by atoms with van der Waals surface area (Å²) < 4.78 is 13.2. The molecule has 0 aliphatic carbocycles. The van der Waals surface area contributed by atoms with Crippen LogP contribution in [0, 0.1) is 5.82 Å². The summed E-state index contributed by atoms with van der Waals surface area (Å²) in [6.07, 6.45) is 0. The van der Waals surface area contributed by atoms with Crippen molar-refractivity contribution in [3.63, 3.8) is 0 Å². The van der Waals surface area contributed by atoms with Crippen molar-refractivity contribution in [2.24, 2.45) is 0 Å². The number of aromatic carboxylic acids is 1. The minimum atomic E-state index is -1.05. The number of hydrogen-bond donors (Lipinski definition) is 1. The molecule has 5 heteroatoms. The Kier molecular flexibility index (Phi) is 4.41. The number of nitrogens with zero attached hydrogens (tertiary/aromatic N) is 2. The van der Waals surface area contributed by atoms with Gasteiger partial charge in [-0.2, -0.15) is 0 Å². The first-order valence-electron chi connectivity index (χ1n) is 7.33. The number of carboxylic acids is 1. The van der Waals surface area contributed by atoms with Gasteiger partial charge in [0, 0.05) is 30.8 Å². The van der Waals surface area contributed by atoms with E-state index in [1.54, 1.807) is 37.2 Å². The molecule has 0 atom stereocenters. The maximum absolute atomic E-state index is 13.2. The van der Waals surface area contributed by atoms with Crippen LogP contribution in [-0.4, -0.2) is 30.2 Å². The zero-order valence-corrected chi connectivity index (χ0v) is 14.0. The van der Waals surface area contributed by atoms with Crippen LogP contribution in [0.2, 0.25) is 0 Å². The molecule has 122 valence electrons. The van der Waals surface area contributed by atoms with Gasteiger partial charge in [0.25, 0.3) is 0 Å². The molecule has 2 aromatic rings. The second-order valence-corrected chi connectivity index (χ2v) is 6.71. The first kappa shape index (κ1) is 16.9. The van der Waals surface area contributed by atoms with Crippen molar-refractivity contribution in [3.8, 4) is 11.1 Å². The predicted molar refractivity (Wildman–Crippen MR) is 89.6 cm³/mol. The number of hydrogen-bond acceptors (Lipinski definition) is 3. The molecule has 1 N–H and O–H groups in total. The summed E-state index contributed by atoms with van der Waals surface area (Å²) in [5, 5.41) is 9.66. The number of anilines is 1. The predicted octanol–water partition coefficient (Wildman–Crippen LogP) is 3.95. The molecule has 0 fully saturated rings. The Labute approximate surface area is 135 Å². The van der Waals surface area contributed by atoms with Crippen molar-refractivity contribution in [3.05, 3.63) is 47.4 Å². The molecule has 1 aromatic heterocycles. The number of carbonyl (C=O) groups is 1. The van der Waals surface area contributed by atoms with Crippen LogP contribution in [0.1, 0.15) is 36.8 Å². The largest absolute Gasteiger partial charge is 0.478 e. The first-order chi connectivity index (χ1) is 10.6. The Morgan fingerprint density at radius 1 is 1.17 bits per heavy atom. The second-order valence-electron chi connectivity index (χ2n) is 6.71. The molecule has 1 aromatic carbocycles. The number of rotatable bonds is 3. The molecule has 4 nitrogen and oxygen atoms in total.